The summed E-state index contributed by atoms with van der Waals surface area (Å²) in [5.74, 6) is -0.331. The highest BCUT2D eigenvalue weighted by Gasteiger charge is 2.29. The zero-order valence-corrected chi connectivity index (χ0v) is 15.0. The number of nitrogens with one attached hydrogen (secondary N) is 1. The molecule has 1 fully saturated rings. The van der Waals surface area contributed by atoms with E-state index in [-0.39, 0.29) is 12.5 Å². The minimum Gasteiger partial charge on any atom is -0.348 e. The molecule has 1 N–H and O–H groups in total. The maximum atomic E-state index is 12.6. The number of aromatic nitrogens is 3. The van der Waals surface area contributed by atoms with Gasteiger partial charge in [-0.2, -0.15) is 18.3 Å². The summed E-state index contributed by atoms with van der Waals surface area (Å²) in [6.07, 6.45) is 3.42. The number of carbonyl (C=O) groups excluding carboxylic acids is 1. The average Bonchev–Trinajstić information content (AvgIpc) is 3.34. The van der Waals surface area contributed by atoms with Crippen molar-refractivity contribution in [3.63, 3.8) is 0 Å². The molecule has 4 rings (SSSR count). The van der Waals surface area contributed by atoms with Crippen molar-refractivity contribution in [2.75, 3.05) is 0 Å². The van der Waals surface area contributed by atoms with Gasteiger partial charge in [-0.05, 0) is 36.6 Å². The second-order valence-corrected chi connectivity index (χ2v) is 7.04. The number of alkyl halides is 3. The summed E-state index contributed by atoms with van der Waals surface area (Å²) in [7, 11) is 0. The topological polar surface area (TPSA) is 59.8 Å². The van der Waals surface area contributed by atoms with Crippen LogP contribution in [0.5, 0.6) is 0 Å². The van der Waals surface area contributed by atoms with Gasteiger partial charge >= 0.3 is 6.18 Å². The molecule has 2 heterocycles. The molecule has 0 spiro atoms. The van der Waals surface area contributed by atoms with Crippen molar-refractivity contribution < 1.29 is 18.0 Å². The molecular formula is C20H19F3N4O. The van der Waals surface area contributed by atoms with E-state index >= 15 is 0 Å². The molecule has 0 bridgehead atoms. The van der Waals surface area contributed by atoms with Crippen LogP contribution in [0.15, 0.2) is 42.7 Å². The van der Waals surface area contributed by atoms with E-state index in [1.165, 1.54) is 31.2 Å². The first-order valence-electron chi connectivity index (χ1n) is 9.19. The van der Waals surface area contributed by atoms with Crippen LogP contribution in [0, 0.1) is 0 Å². The van der Waals surface area contributed by atoms with Crippen molar-refractivity contribution in [1.82, 2.24) is 20.1 Å². The van der Waals surface area contributed by atoms with Crippen LogP contribution in [-0.4, -0.2) is 20.7 Å². The van der Waals surface area contributed by atoms with E-state index in [1.807, 2.05) is 4.68 Å². The number of amides is 1. The van der Waals surface area contributed by atoms with Gasteiger partial charge in [0.2, 0.25) is 0 Å². The molecule has 1 amide bonds. The number of pyridine rings is 1. The van der Waals surface area contributed by atoms with Crippen molar-refractivity contribution in [2.24, 2.45) is 0 Å². The number of halogens is 3. The molecule has 5 nitrogen and oxygen atoms in total. The largest absolute Gasteiger partial charge is 0.416 e. The van der Waals surface area contributed by atoms with E-state index in [4.69, 9.17) is 0 Å². The Morgan fingerprint density at radius 3 is 2.54 bits per heavy atom. The van der Waals surface area contributed by atoms with Gasteiger partial charge in [-0.25, -0.2) is 9.67 Å². The zero-order chi connectivity index (χ0) is 19.7. The number of hydrogen-bond acceptors (Lipinski definition) is 3. The summed E-state index contributed by atoms with van der Waals surface area (Å²) < 4.78 is 39.7. The molecule has 1 aromatic carbocycles. The fourth-order valence-corrected chi connectivity index (χ4v) is 3.58. The SMILES string of the molecule is O=C(NCc1ccc(C(F)(F)F)cc1)c1cnc2c(cnn2C2CCCC2)c1. The predicted molar refractivity (Wildman–Crippen MR) is 97.6 cm³/mol. The lowest BCUT2D eigenvalue weighted by Crippen LogP contribution is -2.23. The summed E-state index contributed by atoms with van der Waals surface area (Å²) >= 11 is 0. The molecule has 1 saturated carbocycles. The van der Waals surface area contributed by atoms with Gasteiger partial charge in [0.15, 0.2) is 5.65 Å². The molecule has 146 valence electrons. The van der Waals surface area contributed by atoms with Gasteiger partial charge in [0.05, 0.1) is 23.4 Å². The van der Waals surface area contributed by atoms with Crippen molar-refractivity contribution in [2.45, 2.75) is 44.4 Å². The lowest BCUT2D eigenvalue weighted by atomic mass is 10.1. The zero-order valence-electron chi connectivity index (χ0n) is 15.0. The van der Waals surface area contributed by atoms with Crippen LogP contribution < -0.4 is 5.32 Å². The Kier molecular flexibility index (Phi) is 4.78. The van der Waals surface area contributed by atoms with Gasteiger partial charge in [0.25, 0.3) is 5.91 Å². The van der Waals surface area contributed by atoms with E-state index in [0.717, 1.165) is 36.0 Å². The van der Waals surface area contributed by atoms with Crippen LogP contribution in [0.1, 0.15) is 53.2 Å². The Labute approximate surface area is 159 Å². The third kappa shape index (κ3) is 3.72. The predicted octanol–water partition coefficient (Wildman–Crippen LogP) is 4.50. The van der Waals surface area contributed by atoms with E-state index in [1.54, 1.807) is 12.3 Å². The second kappa shape index (κ2) is 7.26. The summed E-state index contributed by atoms with van der Waals surface area (Å²) in [6.45, 7) is 0.135. The van der Waals surface area contributed by atoms with Gasteiger partial charge < -0.3 is 5.32 Å². The molecule has 0 radical (unpaired) electrons. The Morgan fingerprint density at radius 2 is 1.86 bits per heavy atom. The first-order chi connectivity index (χ1) is 13.4. The van der Waals surface area contributed by atoms with Crippen molar-refractivity contribution in [3.8, 4) is 0 Å². The standard InChI is InChI=1S/C20H19F3N4O/c21-20(22,23)16-7-5-13(6-8-16)10-25-19(28)15-9-14-12-26-27(18(14)24-11-15)17-3-1-2-4-17/h5-9,11-12,17H,1-4,10H2,(H,25,28). The van der Waals surface area contributed by atoms with Gasteiger partial charge in [-0.15, -0.1) is 0 Å². The van der Waals surface area contributed by atoms with E-state index in [2.05, 4.69) is 15.4 Å². The minimum absolute atomic E-state index is 0.135. The van der Waals surface area contributed by atoms with Crippen LogP contribution in [0.2, 0.25) is 0 Å². The molecular weight excluding hydrogens is 369 g/mol. The second-order valence-electron chi connectivity index (χ2n) is 7.04. The van der Waals surface area contributed by atoms with Crippen LogP contribution in [-0.2, 0) is 12.7 Å². The molecule has 0 unspecified atom stereocenters. The van der Waals surface area contributed by atoms with E-state index in [9.17, 15) is 18.0 Å². The van der Waals surface area contributed by atoms with Gasteiger partial charge in [0.1, 0.15) is 0 Å². The minimum atomic E-state index is -4.37. The third-order valence-electron chi connectivity index (χ3n) is 5.10. The normalized spacial score (nSPS) is 15.2. The Morgan fingerprint density at radius 1 is 1.14 bits per heavy atom. The number of carbonyl (C=O) groups is 1. The molecule has 1 aliphatic rings. The van der Waals surface area contributed by atoms with Crippen molar-refractivity contribution >= 4 is 16.9 Å². The fraction of sp³-hybridized carbons (Fsp3) is 0.350. The van der Waals surface area contributed by atoms with Crippen molar-refractivity contribution in [1.29, 1.82) is 0 Å². The number of hydrogen-bond donors (Lipinski definition) is 1. The highest BCUT2D eigenvalue weighted by molar-refractivity contribution is 5.96. The van der Waals surface area contributed by atoms with Crippen LogP contribution in [0.4, 0.5) is 13.2 Å². The summed E-state index contributed by atoms with van der Waals surface area (Å²) in [5.41, 5.74) is 1.04. The molecule has 2 aromatic heterocycles. The fourth-order valence-electron chi connectivity index (χ4n) is 3.58. The highest BCUT2D eigenvalue weighted by atomic mass is 19.4. The van der Waals surface area contributed by atoms with E-state index in [0.29, 0.717) is 17.2 Å². The van der Waals surface area contributed by atoms with Gasteiger partial charge in [-0.3, -0.25) is 4.79 Å². The number of nitrogens with zero attached hydrogens (tertiary/aromatic N) is 3. The van der Waals surface area contributed by atoms with E-state index < -0.39 is 11.7 Å². The lowest BCUT2D eigenvalue weighted by Gasteiger charge is -2.11. The molecule has 28 heavy (non-hydrogen) atoms. The summed E-state index contributed by atoms with van der Waals surface area (Å²) in [6, 6.07) is 6.83. The maximum absolute atomic E-state index is 12.6. The summed E-state index contributed by atoms with van der Waals surface area (Å²) in [4.78, 5) is 16.8. The molecule has 8 heteroatoms. The Bertz CT molecular complexity index is 989. The van der Waals surface area contributed by atoms with Gasteiger partial charge in [0, 0.05) is 18.1 Å². The molecule has 0 saturated heterocycles. The van der Waals surface area contributed by atoms with Crippen LogP contribution >= 0.6 is 0 Å². The van der Waals surface area contributed by atoms with Crippen molar-refractivity contribution in [3.05, 3.63) is 59.4 Å². The monoisotopic (exact) mass is 388 g/mol. The highest BCUT2D eigenvalue weighted by Crippen LogP contribution is 2.31. The first-order valence-corrected chi connectivity index (χ1v) is 9.19. The molecule has 0 aliphatic heterocycles. The number of rotatable bonds is 4. The average molecular weight is 388 g/mol. The Balaban J connectivity index is 1.44. The molecule has 3 aromatic rings. The third-order valence-corrected chi connectivity index (χ3v) is 5.10. The first kappa shape index (κ1) is 18.5. The lowest BCUT2D eigenvalue weighted by molar-refractivity contribution is -0.137. The quantitative estimate of drug-likeness (QED) is 0.716. The summed E-state index contributed by atoms with van der Waals surface area (Å²) in [5, 5.41) is 7.94. The molecule has 1 aliphatic carbocycles. The number of benzene rings is 1. The van der Waals surface area contributed by atoms with Crippen LogP contribution in [0.25, 0.3) is 11.0 Å². The van der Waals surface area contributed by atoms with Crippen LogP contribution in [0.3, 0.4) is 0 Å². The van der Waals surface area contributed by atoms with Gasteiger partial charge in [-0.1, -0.05) is 25.0 Å². The number of fused-ring (bicyclic) bond motifs is 1. The Hall–Kier alpha value is -2.90. The molecule has 0 atom stereocenters. The maximum Gasteiger partial charge on any atom is 0.416 e. The smallest absolute Gasteiger partial charge is 0.348 e.